The van der Waals surface area contributed by atoms with Crippen molar-refractivity contribution in [2.75, 3.05) is 18.0 Å². The molecule has 0 atom stereocenters. The van der Waals surface area contributed by atoms with E-state index in [9.17, 15) is 0 Å². The second-order valence-electron chi connectivity index (χ2n) is 9.92. The summed E-state index contributed by atoms with van der Waals surface area (Å²) in [5, 5.41) is 4.59. The summed E-state index contributed by atoms with van der Waals surface area (Å²) in [6.07, 6.45) is 10.9. The maximum Gasteiger partial charge on any atom is 0.202 e. The first kappa shape index (κ1) is 20.0. The lowest BCUT2D eigenvalue weighted by Gasteiger charge is -2.37. The number of aromatic nitrogens is 1. The summed E-state index contributed by atoms with van der Waals surface area (Å²) in [7, 11) is 0. The Morgan fingerprint density at radius 1 is 0.839 bits per heavy atom. The summed E-state index contributed by atoms with van der Waals surface area (Å²) < 4.78 is 1.86. The van der Waals surface area contributed by atoms with Crippen LogP contribution in [0, 0.1) is 0 Å². The summed E-state index contributed by atoms with van der Waals surface area (Å²) in [6, 6.07) is 17.9. The van der Waals surface area contributed by atoms with Gasteiger partial charge in [-0.1, -0.05) is 49.7 Å². The van der Waals surface area contributed by atoms with Gasteiger partial charge >= 0.3 is 0 Å². The van der Waals surface area contributed by atoms with Crippen LogP contribution < -0.4 is 9.58 Å². The van der Waals surface area contributed by atoms with E-state index < -0.39 is 0 Å². The van der Waals surface area contributed by atoms with Crippen molar-refractivity contribution >= 4 is 11.9 Å². The van der Waals surface area contributed by atoms with Crippen molar-refractivity contribution in [2.24, 2.45) is 5.10 Å². The standard InChI is InChI=1S/C28H32N3/c1-28(2,3)26-12-16-31(17-13-26)29-20-21-8-10-22(11-9-21)25-18-23-6-4-14-30-15-5-7-24(19-25)27(23)30/h8-13,16-20H,4-7,14-15H2,1-3H3/q+1/b29-20+. The summed E-state index contributed by atoms with van der Waals surface area (Å²) in [4.78, 5) is 2.60. The number of aryl methyl sites for hydroxylation is 2. The molecule has 31 heavy (non-hydrogen) atoms. The van der Waals surface area contributed by atoms with Gasteiger partial charge in [-0.15, -0.1) is 0 Å². The van der Waals surface area contributed by atoms with Crippen molar-refractivity contribution in [1.29, 1.82) is 0 Å². The Morgan fingerprint density at radius 3 is 2.03 bits per heavy atom. The van der Waals surface area contributed by atoms with E-state index in [1.165, 1.54) is 55.5 Å². The molecule has 3 heterocycles. The average Bonchev–Trinajstić information content (AvgIpc) is 2.78. The van der Waals surface area contributed by atoms with E-state index >= 15 is 0 Å². The van der Waals surface area contributed by atoms with E-state index in [4.69, 9.17) is 0 Å². The molecule has 2 aliphatic rings. The molecule has 0 N–H and O–H groups in total. The minimum atomic E-state index is 0.159. The highest BCUT2D eigenvalue weighted by Crippen LogP contribution is 2.38. The monoisotopic (exact) mass is 410 g/mol. The normalized spacial score (nSPS) is 15.9. The van der Waals surface area contributed by atoms with Gasteiger partial charge in [0.25, 0.3) is 0 Å². The minimum Gasteiger partial charge on any atom is -0.371 e. The molecule has 3 nitrogen and oxygen atoms in total. The van der Waals surface area contributed by atoms with E-state index in [1.807, 2.05) is 23.3 Å². The molecule has 1 aromatic heterocycles. The lowest BCUT2D eigenvalue weighted by molar-refractivity contribution is -0.678. The zero-order valence-electron chi connectivity index (χ0n) is 18.9. The van der Waals surface area contributed by atoms with Crippen LogP contribution in [-0.2, 0) is 18.3 Å². The molecule has 2 aromatic carbocycles. The Labute approximate surface area is 186 Å². The van der Waals surface area contributed by atoms with Crippen molar-refractivity contribution in [3.63, 3.8) is 0 Å². The van der Waals surface area contributed by atoms with Crippen molar-refractivity contribution in [3.8, 4) is 11.1 Å². The minimum absolute atomic E-state index is 0.159. The van der Waals surface area contributed by atoms with Gasteiger partial charge in [-0.3, -0.25) is 0 Å². The van der Waals surface area contributed by atoms with E-state index in [-0.39, 0.29) is 5.41 Å². The lowest BCUT2D eigenvalue weighted by Crippen LogP contribution is -2.34. The van der Waals surface area contributed by atoms with Crippen molar-refractivity contribution < 1.29 is 4.68 Å². The van der Waals surface area contributed by atoms with Crippen LogP contribution in [-0.4, -0.2) is 19.3 Å². The van der Waals surface area contributed by atoms with E-state index in [2.05, 4.69) is 79.3 Å². The number of benzene rings is 2. The molecule has 0 spiro atoms. The first-order valence-corrected chi connectivity index (χ1v) is 11.5. The van der Waals surface area contributed by atoms with E-state index in [1.54, 1.807) is 16.8 Å². The summed E-state index contributed by atoms with van der Waals surface area (Å²) >= 11 is 0. The fourth-order valence-corrected chi connectivity index (χ4v) is 4.86. The fourth-order valence-electron chi connectivity index (χ4n) is 4.86. The molecular formula is C28H32N3+. The highest BCUT2D eigenvalue weighted by atomic mass is 15.3. The van der Waals surface area contributed by atoms with Crippen LogP contribution in [0.5, 0.6) is 0 Å². The second kappa shape index (κ2) is 7.96. The van der Waals surface area contributed by atoms with Gasteiger partial charge < -0.3 is 4.90 Å². The van der Waals surface area contributed by atoms with Crippen LogP contribution in [0.25, 0.3) is 11.1 Å². The third-order valence-corrected chi connectivity index (χ3v) is 6.60. The second-order valence-corrected chi connectivity index (χ2v) is 9.92. The molecule has 0 aliphatic carbocycles. The molecule has 0 unspecified atom stereocenters. The van der Waals surface area contributed by atoms with Crippen LogP contribution in [0.4, 0.5) is 5.69 Å². The summed E-state index contributed by atoms with van der Waals surface area (Å²) in [6.45, 7) is 9.13. The van der Waals surface area contributed by atoms with Crippen LogP contribution >= 0.6 is 0 Å². The maximum atomic E-state index is 4.59. The van der Waals surface area contributed by atoms with Gasteiger partial charge in [0.15, 0.2) is 0 Å². The molecule has 0 saturated carbocycles. The largest absolute Gasteiger partial charge is 0.371 e. The number of anilines is 1. The Kier molecular flexibility index (Phi) is 5.13. The Hall–Kier alpha value is -2.94. The predicted molar refractivity (Wildman–Crippen MR) is 129 cm³/mol. The molecule has 3 aromatic rings. The maximum absolute atomic E-state index is 4.59. The van der Waals surface area contributed by atoms with Gasteiger partial charge in [0.2, 0.25) is 12.4 Å². The van der Waals surface area contributed by atoms with Crippen molar-refractivity contribution in [2.45, 2.75) is 51.9 Å². The molecule has 0 fully saturated rings. The third-order valence-electron chi connectivity index (χ3n) is 6.60. The number of nitrogens with zero attached hydrogens (tertiary/aromatic N) is 3. The fraction of sp³-hybridized carbons (Fsp3) is 0.357. The van der Waals surface area contributed by atoms with Gasteiger partial charge in [0.05, 0.1) is 0 Å². The van der Waals surface area contributed by atoms with E-state index in [0.29, 0.717) is 0 Å². The van der Waals surface area contributed by atoms with Gasteiger partial charge in [0, 0.05) is 30.9 Å². The van der Waals surface area contributed by atoms with Gasteiger partial charge in [-0.25, -0.2) is 0 Å². The van der Waals surface area contributed by atoms with Crippen LogP contribution in [0.2, 0.25) is 0 Å². The van der Waals surface area contributed by atoms with Crippen LogP contribution in [0.1, 0.15) is 55.9 Å². The third kappa shape index (κ3) is 4.14. The smallest absolute Gasteiger partial charge is 0.202 e. The average molecular weight is 411 g/mol. The SMILES string of the molecule is CC(C)(C)c1cc[n+](/N=C/c2ccc(-c3cc4c5c(c3)CCCN5CCC4)cc2)cc1. The summed E-state index contributed by atoms with van der Waals surface area (Å²) in [5.74, 6) is 0. The molecule has 3 heteroatoms. The topological polar surface area (TPSA) is 19.5 Å². The molecule has 0 amide bonds. The highest BCUT2D eigenvalue weighted by Gasteiger charge is 2.24. The predicted octanol–water partition coefficient (Wildman–Crippen LogP) is 5.52. The molecule has 0 radical (unpaired) electrons. The Bertz CT molecular complexity index is 1070. The van der Waals surface area contributed by atoms with Crippen molar-refractivity contribution in [3.05, 3.63) is 83.2 Å². The highest BCUT2D eigenvalue weighted by molar-refractivity contribution is 5.81. The van der Waals surface area contributed by atoms with E-state index in [0.717, 1.165) is 5.56 Å². The lowest BCUT2D eigenvalue weighted by atomic mass is 9.88. The zero-order valence-corrected chi connectivity index (χ0v) is 18.9. The zero-order chi connectivity index (χ0) is 21.4. The number of rotatable bonds is 3. The summed E-state index contributed by atoms with van der Waals surface area (Å²) in [5.41, 5.74) is 9.86. The first-order valence-electron chi connectivity index (χ1n) is 11.5. The molecule has 0 bridgehead atoms. The Balaban J connectivity index is 1.35. The first-order chi connectivity index (χ1) is 15.0. The van der Waals surface area contributed by atoms with Gasteiger partial charge in [-0.2, -0.15) is 0 Å². The van der Waals surface area contributed by atoms with Crippen molar-refractivity contribution in [1.82, 2.24) is 0 Å². The van der Waals surface area contributed by atoms with Crippen LogP contribution in [0.15, 0.2) is 66.0 Å². The quantitative estimate of drug-likeness (QED) is 0.411. The number of hydrogen-bond donors (Lipinski definition) is 0. The molecule has 0 saturated heterocycles. The Morgan fingerprint density at radius 2 is 1.45 bits per heavy atom. The molecule has 5 rings (SSSR count). The molecule has 158 valence electrons. The molecular weight excluding hydrogens is 378 g/mol. The van der Waals surface area contributed by atoms with Gasteiger partial charge in [-0.05, 0) is 81.7 Å². The van der Waals surface area contributed by atoms with Gasteiger partial charge in [0.1, 0.15) is 6.21 Å². The number of hydrogen-bond acceptors (Lipinski definition) is 2. The van der Waals surface area contributed by atoms with Crippen LogP contribution in [0.3, 0.4) is 0 Å². The molecule has 2 aliphatic heterocycles. The number of pyridine rings is 1.